The Bertz CT molecular complexity index is 1260. The number of allylic oxidation sites excluding steroid dienone is 1. The van der Waals surface area contributed by atoms with Crippen molar-refractivity contribution in [2.75, 3.05) is 0 Å². The molecule has 0 spiro atoms. The molecular formula is C19H16N6O3. The van der Waals surface area contributed by atoms with Crippen LogP contribution in [0.4, 0.5) is 0 Å². The lowest BCUT2D eigenvalue weighted by Crippen LogP contribution is -2.32. The lowest BCUT2D eigenvalue weighted by atomic mass is 10.0. The number of aromatic nitrogens is 4. The number of H-pyrrole nitrogens is 2. The highest BCUT2D eigenvalue weighted by atomic mass is 16.4. The molecule has 1 aliphatic rings. The largest absolute Gasteiger partial charge is 0.480 e. The zero-order valence-electron chi connectivity index (χ0n) is 14.6. The summed E-state index contributed by atoms with van der Waals surface area (Å²) in [6.07, 6.45) is 6.30. The molecule has 1 unspecified atom stereocenters. The Hall–Kier alpha value is -3.85. The third-order valence-corrected chi connectivity index (χ3v) is 4.44. The second kappa shape index (κ2) is 7.05. The molecule has 0 saturated heterocycles. The standard InChI is InChI=1S/C19H16N6O3/c20-13(19(27)28)7-11-10-3-1-2-4-14(10)23-15(11)8-12-17(24-25-18(12)26)16-9-21-5-6-22-16/h1-6,8-9,13H,7,20H2,(H,27,28)(H2,24,25,26)/b15-8+. The highest BCUT2D eigenvalue weighted by molar-refractivity contribution is 5.82. The number of rotatable bonds is 5. The van der Waals surface area contributed by atoms with E-state index in [0.717, 1.165) is 5.22 Å². The van der Waals surface area contributed by atoms with Crippen molar-refractivity contribution in [3.63, 3.8) is 0 Å². The van der Waals surface area contributed by atoms with E-state index in [2.05, 4.69) is 25.2 Å². The van der Waals surface area contributed by atoms with Gasteiger partial charge in [-0.05, 0) is 17.7 Å². The molecular weight excluding hydrogens is 360 g/mol. The van der Waals surface area contributed by atoms with Crippen LogP contribution in [-0.4, -0.2) is 37.3 Å². The molecule has 1 aromatic carbocycles. The van der Waals surface area contributed by atoms with Crippen molar-refractivity contribution in [3.05, 3.63) is 75.0 Å². The molecule has 1 atom stereocenters. The van der Waals surface area contributed by atoms with E-state index >= 15 is 0 Å². The van der Waals surface area contributed by atoms with Crippen LogP contribution >= 0.6 is 0 Å². The number of nitrogens with one attached hydrogen (secondary N) is 2. The van der Waals surface area contributed by atoms with Gasteiger partial charge in [-0.15, -0.1) is 0 Å². The predicted octanol–water partition coefficient (Wildman–Crippen LogP) is -0.213. The fourth-order valence-corrected chi connectivity index (χ4v) is 3.07. The summed E-state index contributed by atoms with van der Waals surface area (Å²) >= 11 is 0. The van der Waals surface area contributed by atoms with Crippen molar-refractivity contribution >= 4 is 17.6 Å². The molecule has 9 heteroatoms. The molecule has 140 valence electrons. The third-order valence-electron chi connectivity index (χ3n) is 4.44. The van der Waals surface area contributed by atoms with Crippen LogP contribution in [0.3, 0.4) is 0 Å². The van der Waals surface area contributed by atoms with E-state index in [4.69, 9.17) is 5.73 Å². The van der Waals surface area contributed by atoms with Crippen molar-refractivity contribution < 1.29 is 9.90 Å². The van der Waals surface area contributed by atoms with Crippen LogP contribution in [0.15, 0.2) is 58.3 Å². The molecule has 2 aromatic heterocycles. The van der Waals surface area contributed by atoms with Crippen molar-refractivity contribution in [1.82, 2.24) is 20.2 Å². The first-order chi connectivity index (χ1) is 13.5. The van der Waals surface area contributed by atoms with Crippen LogP contribution in [0.25, 0.3) is 23.0 Å². The zero-order chi connectivity index (χ0) is 19.7. The number of hydrogen-bond donors (Lipinski definition) is 4. The van der Waals surface area contributed by atoms with E-state index in [1.807, 2.05) is 24.3 Å². The average molecular weight is 376 g/mol. The molecule has 0 saturated carbocycles. The molecule has 0 aliphatic carbocycles. The van der Waals surface area contributed by atoms with E-state index in [-0.39, 0.29) is 12.0 Å². The Morgan fingerprint density at radius 3 is 2.82 bits per heavy atom. The number of fused-ring (bicyclic) bond motifs is 1. The number of aliphatic carboxylic acids is 1. The summed E-state index contributed by atoms with van der Waals surface area (Å²) in [6.45, 7) is 0. The Morgan fingerprint density at radius 2 is 2.07 bits per heavy atom. The molecule has 0 amide bonds. The number of para-hydroxylation sites is 1. The molecule has 28 heavy (non-hydrogen) atoms. The van der Waals surface area contributed by atoms with E-state index in [1.165, 1.54) is 18.6 Å². The SMILES string of the molecule is NC(CC1=c2ccccc2=N/C1=C/c1c(-c2cnccn2)[nH][nH]c1=O)C(=O)O. The van der Waals surface area contributed by atoms with Crippen molar-refractivity contribution in [3.8, 4) is 11.4 Å². The molecule has 0 fully saturated rings. The molecule has 0 radical (unpaired) electrons. The van der Waals surface area contributed by atoms with Crippen molar-refractivity contribution in [2.24, 2.45) is 10.7 Å². The van der Waals surface area contributed by atoms with Gasteiger partial charge < -0.3 is 10.8 Å². The van der Waals surface area contributed by atoms with Crippen LogP contribution in [0.1, 0.15) is 12.0 Å². The first-order valence-corrected chi connectivity index (χ1v) is 8.49. The van der Waals surface area contributed by atoms with Crippen LogP contribution in [0.5, 0.6) is 0 Å². The lowest BCUT2D eigenvalue weighted by molar-refractivity contribution is -0.138. The van der Waals surface area contributed by atoms with Crippen LogP contribution in [0.2, 0.25) is 0 Å². The van der Waals surface area contributed by atoms with E-state index in [0.29, 0.717) is 33.6 Å². The zero-order valence-corrected chi connectivity index (χ0v) is 14.6. The van der Waals surface area contributed by atoms with Gasteiger partial charge in [0.1, 0.15) is 11.7 Å². The summed E-state index contributed by atoms with van der Waals surface area (Å²) in [7, 11) is 0. The first-order valence-electron chi connectivity index (χ1n) is 8.49. The second-order valence-corrected chi connectivity index (χ2v) is 6.24. The number of benzene rings is 1. The van der Waals surface area contributed by atoms with Gasteiger partial charge in [-0.2, -0.15) is 0 Å². The number of nitrogens with two attached hydrogens (primary N) is 1. The van der Waals surface area contributed by atoms with Gasteiger partial charge in [0.25, 0.3) is 5.56 Å². The predicted molar refractivity (Wildman–Crippen MR) is 101 cm³/mol. The first kappa shape index (κ1) is 17.6. The quantitative estimate of drug-likeness (QED) is 0.484. The Labute approximate surface area is 158 Å². The maximum atomic E-state index is 12.4. The average Bonchev–Trinajstić information content (AvgIpc) is 3.23. The fourth-order valence-electron chi connectivity index (χ4n) is 3.07. The smallest absolute Gasteiger partial charge is 0.320 e. The monoisotopic (exact) mass is 376 g/mol. The minimum atomic E-state index is -1.10. The number of carboxylic acid groups (broad SMARTS) is 1. The van der Waals surface area contributed by atoms with E-state index < -0.39 is 12.0 Å². The van der Waals surface area contributed by atoms with Crippen molar-refractivity contribution in [2.45, 2.75) is 12.5 Å². The summed E-state index contributed by atoms with van der Waals surface area (Å²) in [5.74, 6) is -1.10. The summed E-state index contributed by atoms with van der Waals surface area (Å²) < 4.78 is 0. The third kappa shape index (κ3) is 3.14. The Morgan fingerprint density at radius 1 is 1.25 bits per heavy atom. The molecule has 3 heterocycles. The summed E-state index contributed by atoms with van der Waals surface area (Å²) in [5.41, 5.74) is 7.87. The minimum absolute atomic E-state index is 0.0878. The Kier molecular flexibility index (Phi) is 4.42. The maximum absolute atomic E-state index is 12.4. The fraction of sp³-hybridized carbons (Fsp3) is 0.105. The number of nitrogens with zero attached hydrogens (tertiary/aromatic N) is 3. The van der Waals surface area contributed by atoms with E-state index in [9.17, 15) is 14.7 Å². The van der Waals surface area contributed by atoms with Crippen molar-refractivity contribution in [1.29, 1.82) is 0 Å². The lowest BCUT2D eigenvalue weighted by Gasteiger charge is -2.09. The van der Waals surface area contributed by atoms with Gasteiger partial charge in [0.2, 0.25) is 0 Å². The molecule has 9 nitrogen and oxygen atoms in total. The van der Waals surface area contributed by atoms with Crippen LogP contribution in [-0.2, 0) is 4.79 Å². The summed E-state index contributed by atoms with van der Waals surface area (Å²) in [5, 5.41) is 16.1. The number of carbonyl (C=O) groups is 1. The van der Waals surface area contributed by atoms with Gasteiger partial charge in [-0.25, -0.2) is 4.99 Å². The normalized spacial score (nSPS) is 15.3. The topological polar surface area (TPSA) is 150 Å². The summed E-state index contributed by atoms with van der Waals surface area (Å²) in [4.78, 5) is 36.4. The van der Waals surface area contributed by atoms with Gasteiger partial charge in [0.05, 0.1) is 28.5 Å². The van der Waals surface area contributed by atoms with E-state index in [1.54, 1.807) is 6.08 Å². The highest BCUT2D eigenvalue weighted by Crippen LogP contribution is 2.24. The van der Waals surface area contributed by atoms with Gasteiger partial charge in [0.15, 0.2) is 0 Å². The molecule has 1 aliphatic heterocycles. The number of hydrogen-bond acceptors (Lipinski definition) is 6. The molecule has 3 aromatic rings. The summed E-state index contributed by atoms with van der Waals surface area (Å²) in [6, 6.07) is 6.29. The van der Waals surface area contributed by atoms with Gasteiger partial charge >= 0.3 is 5.97 Å². The van der Waals surface area contributed by atoms with Gasteiger partial charge in [0, 0.05) is 24.0 Å². The Balaban J connectivity index is 1.87. The maximum Gasteiger partial charge on any atom is 0.320 e. The molecule has 5 N–H and O–H groups in total. The van der Waals surface area contributed by atoms with Crippen LogP contribution < -0.4 is 21.9 Å². The number of aromatic amines is 2. The molecule has 4 rings (SSSR count). The number of carboxylic acids is 1. The minimum Gasteiger partial charge on any atom is -0.480 e. The van der Waals surface area contributed by atoms with Gasteiger partial charge in [-0.3, -0.25) is 29.8 Å². The highest BCUT2D eigenvalue weighted by Gasteiger charge is 2.21. The van der Waals surface area contributed by atoms with Crippen LogP contribution in [0, 0.1) is 0 Å². The molecule has 0 bridgehead atoms. The second-order valence-electron chi connectivity index (χ2n) is 6.24. The van der Waals surface area contributed by atoms with Gasteiger partial charge in [-0.1, -0.05) is 18.2 Å².